The molecule has 0 aliphatic heterocycles. The van der Waals surface area contributed by atoms with E-state index in [4.69, 9.17) is 0 Å². The Morgan fingerprint density at radius 3 is 2.91 bits per heavy atom. The van der Waals surface area contributed by atoms with Gasteiger partial charge in [-0.05, 0) is 26.7 Å². The highest BCUT2D eigenvalue weighted by atomic mass is 16.3. The maximum absolute atomic E-state index is 9.18. The van der Waals surface area contributed by atoms with E-state index < -0.39 is 0 Å². The smallest absolute Gasteiger partial charge is 0.122 e. The molecule has 3 rings (SSSR count). The number of hydrogen-bond acceptors (Lipinski definition) is 5. The molecule has 1 saturated carbocycles. The van der Waals surface area contributed by atoms with Crippen LogP contribution in [0.2, 0.25) is 0 Å². The van der Waals surface area contributed by atoms with Crippen molar-refractivity contribution < 1.29 is 5.11 Å². The Labute approximate surface area is 136 Å². The van der Waals surface area contributed by atoms with Gasteiger partial charge in [0.05, 0.1) is 25.4 Å². The third-order valence-electron chi connectivity index (χ3n) is 4.62. The van der Waals surface area contributed by atoms with Crippen LogP contribution in [0.4, 0.5) is 0 Å². The standard InChI is InChI=1S/C16H26N6O/c1-12(2)21-8-7-17-16(21)9-18-14-5-3-4-6-15(14)22-10-13(11-23)19-20-22/h7-8,10,12,14-15,18,23H,3-6,9,11H2,1-2H3/t14-,15+/m0/s1. The first-order chi connectivity index (χ1) is 11.2. The van der Waals surface area contributed by atoms with Gasteiger partial charge in [-0.25, -0.2) is 9.67 Å². The lowest BCUT2D eigenvalue weighted by atomic mass is 9.90. The first-order valence-electron chi connectivity index (χ1n) is 8.45. The van der Waals surface area contributed by atoms with Crippen LogP contribution in [0.1, 0.15) is 63.1 Å². The maximum Gasteiger partial charge on any atom is 0.122 e. The lowest BCUT2D eigenvalue weighted by Gasteiger charge is -2.32. The zero-order chi connectivity index (χ0) is 16.2. The molecule has 0 aromatic carbocycles. The second kappa shape index (κ2) is 7.23. The Morgan fingerprint density at radius 1 is 1.35 bits per heavy atom. The Balaban J connectivity index is 1.68. The molecule has 7 heteroatoms. The highest BCUT2D eigenvalue weighted by Gasteiger charge is 2.27. The molecule has 0 radical (unpaired) electrons. The highest BCUT2D eigenvalue weighted by Crippen LogP contribution is 2.28. The van der Waals surface area contributed by atoms with Gasteiger partial charge in [-0.1, -0.05) is 18.1 Å². The molecule has 0 bridgehead atoms. The zero-order valence-corrected chi connectivity index (χ0v) is 13.9. The quantitative estimate of drug-likeness (QED) is 0.849. The molecule has 2 heterocycles. The maximum atomic E-state index is 9.18. The molecule has 23 heavy (non-hydrogen) atoms. The van der Waals surface area contributed by atoms with E-state index in [0.29, 0.717) is 23.8 Å². The van der Waals surface area contributed by atoms with Crippen LogP contribution in [0, 0.1) is 0 Å². The molecular formula is C16H26N6O. The van der Waals surface area contributed by atoms with Gasteiger partial charge in [0, 0.05) is 24.5 Å². The summed E-state index contributed by atoms with van der Waals surface area (Å²) in [5.41, 5.74) is 0.629. The fourth-order valence-corrected chi connectivity index (χ4v) is 3.39. The number of nitrogens with one attached hydrogen (secondary N) is 1. The number of rotatable bonds is 6. The fourth-order valence-electron chi connectivity index (χ4n) is 3.39. The lowest BCUT2D eigenvalue weighted by Crippen LogP contribution is -2.40. The van der Waals surface area contributed by atoms with Crippen molar-refractivity contribution in [3.05, 3.63) is 30.1 Å². The molecule has 2 aromatic rings. The molecule has 126 valence electrons. The third kappa shape index (κ3) is 3.61. The highest BCUT2D eigenvalue weighted by molar-refractivity contribution is 4.97. The van der Waals surface area contributed by atoms with Crippen molar-refractivity contribution in [2.45, 2.75) is 70.8 Å². The van der Waals surface area contributed by atoms with Crippen LogP contribution in [0.3, 0.4) is 0 Å². The van der Waals surface area contributed by atoms with E-state index in [1.165, 1.54) is 12.8 Å². The van der Waals surface area contributed by atoms with E-state index in [1.807, 2.05) is 23.3 Å². The molecule has 7 nitrogen and oxygen atoms in total. The van der Waals surface area contributed by atoms with E-state index in [1.54, 1.807) is 0 Å². The van der Waals surface area contributed by atoms with Gasteiger partial charge in [-0.2, -0.15) is 0 Å². The Hall–Kier alpha value is -1.73. The number of aliphatic hydroxyl groups is 1. The van der Waals surface area contributed by atoms with Crippen molar-refractivity contribution in [3.63, 3.8) is 0 Å². The van der Waals surface area contributed by atoms with E-state index in [-0.39, 0.29) is 6.61 Å². The topological polar surface area (TPSA) is 80.8 Å². The Morgan fingerprint density at radius 2 is 2.17 bits per heavy atom. The summed E-state index contributed by atoms with van der Waals surface area (Å²) in [5.74, 6) is 1.07. The molecule has 0 amide bonds. The predicted molar refractivity (Wildman–Crippen MR) is 86.7 cm³/mol. The van der Waals surface area contributed by atoms with Gasteiger partial charge in [0.15, 0.2) is 0 Å². The minimum Gasteiger partial charge on any atom is -0.390 e. The SMILES string of the molecule is CC(C)n1ccnc1CN[C@H]1CCCC[C@H]1n1cc(CO)nn1. The molecule has 0 unspecified atom stereocenters. The van der Waals surface area contributed by atoms with E-state index in [9.17, 15) is 5.11 Å². The van der Waals surface area contributed by atoms with Gasteiger partial charge < -0.3 is 15.0 Å². The van der Waals surface area contributed by atoms with Crippen molar-refractivity contribution in [1.82, 2.24) is 29.9 Å². The molecule has 0 spiro atoms. The van der Waals surface area contributed by atoms with Gasteiger partial charge in [-0.3, -0.25) is 0 Å². The summed E-state index contributed by atoms with van der Waals surface area (Å²) in [6.07, 6.45) is 10.4. The molecule has 2 N–H and O–H groups in total. The molecule has 2 atom stereocenters. The summed E-state index contributed by atoms with van der Waals surface area (Å²) >= 11 is 0. The normalized spacial score (nSPS) is 21.9. The van der Waals surface area contributed by atoms with Crippen molar-refractivity contribution >= 4 is 0 Å². The van der Waals surface area contributed by atoms with Crippen molar-refractivity contribution in [1.29, 1.82) is 0 Å². The van der Waals surface area contributed by atoms with Crippen LogP contribution in [-0.4, -0.2) is 35.7 Å². The van der Waals surface area contributed by atoms with Crippen LogP contribution in [0.25, 0.3) is 0 Å². The van der Waals surface area contributed by atoms with Crippen LogP contribution in [-0.2, 0) is 13.2 Å². The number of imidazole rings is 1. The lowest BCUT2D eigenvalue weighted by molar-refractivity contribution is 0.240. The summed E-state index contributed by atoms with van der Waals surface area (Å²) in [6, 6.07) is 1.06. The summed E-state index contributed by atoms with van der Waals surface area (Å²) in [7, 11) is 0. The van der Waals surface area contributed by atoms with Crippen molar-refractivity contribution in [2.75, 3.05) is 0 Å². The first kappa shape index (κ1) is 16.1. The third-order valence-corrected chi connectivity index (χ3v) is 4.62. The van der Waals surface area contributed by atoms with Crippen molar-refractivity contribution in [2.24, 2.45) is 0 Å². The van der Waals surface area contributed by atoms with Crippen LogP contribution in [0.5, 0.6) is 0 Å². The van der Waals surface area contributed by atoms with E-state index >= 15 is 0 Å². The summed E-state index contributed by atoms with van der Waals surface area (Å²) in [4.78, 5) is 4.47. The summed E-state index contributed by atoms with van der Waals surface area (Å²) in [6.45, 7) is 5.03. The first-order valence-corrected chi connectivity index (χ1v) is 8.45. The number of nitrogens with zero attached hydrogens (tertiary/aromatic N) is 5. The van der Waals surface area contributed by atoms with Crippen LogP contribution in [0.15, 0.2) is 18.6 Å². The second-order valence-corrected chi connectivity index (χ2v) is 6.53. The number of aliphatic hydroxyl groups excluding tert-OH is 1. The average Bonchev–Trinajstić information content (AvgIpc) is 3.22. The van der Waals surface area contributed by atoms with E-state index in [0.717, 1.165) is 25.2 Å². The molecule has 2 aromatic heterocycles. The van der Waals surface area contributed by atoms with Crippen molar-refractivity contribution in [3.8, 4) is 0 Å². The summed E-state index contributed by atoms with van der Waals surface area (Å²) in [5, 5.41) is 21.1. The number of aromatic nitrogens is 5. The Bertz CT molecular complexity index is 620. The number of hydrogen-bond donors (Lipinski definition) is 2. The fraction of sp³-hybridized carbons (Fsp3) is 0.688. The predicted octanol–water partition coefficient (Wildman–Crippen LogP) is 1.82. The molecule has 1 aliphatic rings. The van der Waals surface area contributed by atoms with E-state index in [2.05, 4.69) is 39.0 Å². The largest absolute Gasteiger partial charge is 0.390 e. The van der Waals surface area contributed by atoms with Gasteiger partial charge in [0.1, 0.15) is 11.5 Å². The minimum absolute atomic E-state index is 0.0589. The summed E-state index contributed by atoms with van der Waals surface area (Å²) < 4.78 is 4.11. The van der Waals surface area contributed by atoms with Gasteiger partial charge in [-0.15, -0.1) is 5.10 Å². The second-order valence-electron chi connectivity index (χ2n) is 6.53. The molecule has 0 saturated heterocycles. The van der Waals surface area contributed by atoms with Gasteiger partial charge in [0.2, 0.25) is 0 Å². The molecule has 1 fully saturated rings. The monoisotopic (exact) mass is 318 g/mol. The van der Waals surface area contributed by atoms with Gasteiger partial charge in [0.25, 0.3) is 0 Å². The average molecular weight is 318 g/mol. The van der Waals surface area contributed by atoms with Gasteiger partial charge >= 0.3 is 0 Å². The van der Waals surface area contributed by atoms with Crippen LogP contribution < -0.4 is 5.32 Å². The Kier molecular flexibility index (Phi) is 5.07. The van der Waals surface area contributed by atoms with Crippen LogP contribution >= 0.6 is 0 Å². The minimum atomic E-state index is -0.0589. The zero-order valence-electron chi connectivity index (χ0n) is 13.9. The molecular weight excluding hydrogens is 292 g/mol. The molecule has 1 aliphatic carbocycles.